The van der Waals surface area contributed by atoms with Crippen LogP contribution in [0.15, 0.2) is 35.9 Å². The summed E-state index contributed by atoms with van der Waals surface area (Å²) in [6.45, 7) is 3.64. The van der Waals surface area contributed by atoms with Gasteiger partial charge in [-0.2, -0.15) is 0 Å². The molecule has 0 saturated carbocycles. The maximum absolute atomic E-state index is 12.0. The van der Waals surface area contributed by atoms with Crippen LogP contribution >= 0.6 is 23.8 Å². The molecule has 1 amide bonds. The van der Waals surface area contributed by atoms with Gasteiger partial charge >= 0.3 is 0 Å². The zero-order valence-electron chi connectivity index (χ0n) is 12.4. The van der Waals surface area contributed by atoms with E-state index in [1.165, 1.54) is 0 Å². The second-order valence-corrected chi connectivity index (χ2v) is 5.62. The second kappa shape index (κ2) is 8.51. The minimum Gasteiger partial charge on any atom is -0.376 e. The molecule has 4 N–H and O–H groups in total. The van der Waals surface area contributed by atoms with Crippen LogP contribution in [0.4, 0.5) is 5.69 Å². The third kappa shape index (κ3) is 6.24. The first-order valence-corrected chi connectivity index (χ1v) is 7.42. The number of rotatable bonds is 6. The molecule has 0 aliphatic rings. The van der Waals surface area contributed by atoms with Crippen molar-refractivity contribution in [2.24, 2.45) is 5.73 Å². The molecule has 5 nitrogen and oxygen atoms in total. The summed E-state index contributed by atoms with van der Waals surface area (Å²) in [5.41, 5.74) is 6.93. The minimum absolute atomic E-state index is 0.0502. The van der Waals surface area contributed by atoms with Gasteiger partial charge in [-0.15, -0.1) is 0 Å². The van der Waals surface area contributed by atoms with Crippen LogP contribution in [0.3, 0.4) is 0 Å². The molecule has 22 heavy (non-hydrogen) atoms. The topological polar surface area (TPSA) is 84.2 Å². The highest BCUT2D eigenvalue weighted by Crippen LogP contribution is 2.12. The number of amides is 1. The Balaban J connectivity index is 2.59. The fraction of sp³-hybridized carbons (Fsp3) is 0.267. The zero-order chi connectivity index (χ0) is 16.7. The Morgan fingerprint density at radius 2 is 1.95 bits per heavy atom. The van der Waals surface area contributed by atoms with E-state index < -0.39 is 5.24 Å². The number of hydrogen-bond donors (Lipinski definition) is 3. The van der Waals surface area contributed by atoms with E-state index in [0.29, 0.717) is 23.2 Å². The quantitative estimate of drug-likeness (QED) is 0.421. The molecule has 0 fully saturated rings. The molecule has 118 valence electrons. The van der Waals surface area contributed by atoms with E-state index in [4.69, 9.17) is 29.6 Å². The first-order chi connectivity index (χ1) is 10.3. The molecule has 1 rings (SSSR count). The first-order valence-electron chi connectivity index (χ1n) is 6.63. The molecule has 0 spiro atoms. The highest BCUT2D eigenvalue weighted by molar-refractivity contribution is 7.80. The smallest absolute Gasteiger partial charge is 0.252 e. The number of anilines is 1. The Labute approximate surface area is 139 Å². The van der Waals surface area contributed by atoms with Gasteiger partial charge in [-0.25, -0.2) is 0 Å². The maximum atomic E-state index is 12.0. The van der Waals surface area contributed by atoms with Crippen LogP contribution in [0.5, 0.6) is 0 Å². The fourth-order valence-corrected chi connectivity index (χ4v) is 1.99. The Bertz CT molecular complexity index is 599. The molecule has 0 unspecified atom stereocenters. The monoisotopic (exact) mass is 339 g/mol. The van der Waals surface area contributed by atoms with Crippen molar-refractivity contribution in [1.29, 1.82) is 0 Å². The Hall–Kier alpha value is -1.92. The highest BCUT2D eigenvalue weighted by atomic mass is 35.5. The number of benzene rings is 1. The normalized spacial score (nSPS) is 12.4. The van der Waals surface area contributed by atoms with Crippen molar-refractivity contribution in [3.8, 4) is 0 Å². The predicted octanol–water partition coefficient (Wildman–Crippen LogP) is 2.56. The van der Waals surface area contributed by atoms with Crippen molar-refractivity contribution in [2.75, 3.05) is 5.32 Å². The average molecular weight is 340 g/mol. The SMILES string of the molecule is CC(=CC[C@H](C)NC(N)=S)C(=O)Nc1ccc(C(=O)Cl)cc1. The number of carbonyl (C=O) groups excluding carboxylic acids is 2. The third-order valence-corrected chi connectivity index (χ3v) is 3.23. The van der Waals surface area contributed by atoms with Crippen LogP contribution in [0.2, 0.25) is 0 Å². The molecule has 1 aromatic carbocycles. The summed E-state index contributed by atoms with van der Waals surface area (Å²) >= 11 is 10.1. The summed E-state index contributed by atoms with van der Waals surface area (Å²) in [6, 6.07) is 6.40. The molecule has 0 aromatic heterocycles. The number of thiocarbonyl (C=S) groups is 1. The predicted molar refractivity (Wildman–Crippen MR) is 93.0 cm³/mol. The molecule has 0 radical (unpaired) electrons. The van der Waals surface area contributed by atoms with Crippen LogP contribution < -0.4 is 16.4 Å². The van der Waals surface area contributed by atoms with Crippen LogP contribution in [0, 0.1) is 0 Å². The van der Waals surface area contributed by atoms with Gasteiger partial charge in [-0.05, 0) is 68.4 Å². The van der Waals surface area contributed by atoms with Crippen molar-refractivity contribution in [2.45, 2.75) is 26.3 Å². The molecular formula is C15H18ClN3O2S. The standard InChI is InChI=1S/C15H18ClN3O2S/c1-9(3-4-10(2)18-15(17)22)14(21)19-12-7-5-11(6-8-12)13(16)20/h3,5-8,10H,4H2,1-2H3,(H,19,21)(H3,17,18,22)/t10-/m0/s1. The van der Waals surface area contributed by atoms with E-state index in [1.807, 2.05) is 13.0 Å². The lowest BCUT2D eigenvalue weighted by molar-refractivity contribution is -0.112. The van der Waals surface area contributed by atoms with Crippen LogP contribution in [-0.4, -0.2) is 22.3 Å². The molecule has 1 atom stereocenters. The summed E-state index contributed by atoms with van der Waals surface area (Å²) in [6.07, 6.45) is 2.43. The van der Waals surface area contributed by atoms with Crippen LogP contribution in [0.1, 0.15) is 30.6 Å². The van der Waals surface area contributed by atoms with Gasteiger partial charge in [0.1, 0.15) is 0 Å². The number of halogens is 1. The van der Waals surface area contributed by atoms with Gasteiger partial charge in [0, 0.05) is 22.9 Å². The lowest BCUT2D eigenvalue weighted by atomic mass is 10.1. The maximum Gasteiger partial charge on any atom is 0.252 e. The van der Waals surface area contributed by atoms with Crippen molar-refractivity contribution in [1.82, 2.24) is 5.32 Å². The molecule has 0 bridgehead atoms. The number of carbonyl (C=O) groups is 2. The summed E-state index contributed by atoms with van der Waals surface area (Å²) in [5, 5.41) is 5.33. The Morgan fingerprint density at radius 3 is 2.45 bits per heavy atom. The van der Waals surface area contributed by atoms with E-state index in [9.17, 15) is 9.59 Å². The Morgan fingerprint density at radius 1 is 1.36 bits per heavy atom. The lowest BCUT2D eigenvalue weighted by Gasteiger charge is -2.11. The van der Waals surface area contributed by atoms with Crippen molar-refractivity contribution in [3.63, 3.8) is 0 Å². The molecule has 0 heterocycles. The molecule has 0 aliphatic carbocycles. The summed E-state index contributed by atoms with van der Waals surface area (Å²) in [7, 11) is 0. The second-order valence-electron chi connectivity index (χ2n) is 4.84. The lowest BCUT2D eigenvalue weighted by Crippen LogP contribution is -2.36. The highest BCUT2D eigenvalue weighted by Gasteiger charge is 2.07. The van der Waals surface area contributed by atoms with Gasteiger partial charge in [0.2, 0.25) is 0 Å². The fourth-order valence-electron chi connectivity index (χ4n) is 1.66. The first kappa shape index (κ1) is 18.1. The minimum atomic E-state index is -0.534. The van der Waals surface area contributed by atoms with Gasteiger partial charge in [-0.1, -0.05) is 6.08 Å². The van der Waals surface area contributed by atoms with Crippen molar-refractivity contribution < 1.29 is 9.59 Å². The molecule has 1 aromatic rings. The number of hydrogen-bond acceptors (Lipinski definition) is 3. The number of nitrogens with two attached hydrogens (primary N) is 1. The van der Waals surface area contributed by atoms with Crippen LogP contribution in [0.25, 0.3) is 0 Å². The largest absolute Gasteiger partial charge is 0.376 e. The Kier molecular flexibility index (Phi) is 7.01. The van der Waals surface area contributed by atoms with E-state index in [0.717, 1.165) is 0 Å². The van der Waals surface area contributed by atoms with E-state index in [-0.39, 0.29) is 17.1 Å². The van der Waals surface area contributed by atoms with Gasteiger partial charge in [-0.3, -0.25) is 9.59 Å². The molecular weight excluding hydrogens is 322 g/mol. The molecule has 0 saturated heterocycles. The third-order valence-electron chi connectivity index (χ3n) is 2.89. The van der Waals surface area contributed by atoms with Gasteiger partial charge < -0.3 is 16.4 Å². The van der Waals surface area contributed by atoms with E-state index >= 15 is 0 Å². The van der Waals surface area contributed by atoms with Crippen molar-refractivity contribution in [3.05, 3.63) is 41.5 Å². The summed E-state index contributed by atoms with van der Waals surface area (Å²) in [5.74, 6) is -0.215. The summed E-state index contributed by atoms with van der Waals surface area (Å²) in [4.78, 5) is 23.0. The van der Waals surface area contributed by atoms with Gasteiger partial charge in [0.15, 0.2) is 5.11 Å². The van der Waals surface area contributed by atoms with Crippen molar-refractivity contribution >= 4 is 45.8 Å². The average Bonchev–Trinajstić information content (AvgIpc) is 2.44. The number of nitrogens with one attached hydrogen (secondary N) is 2. The zero-order valence-corrected chi connectivity index (χ0v) is 13.9. The van der Waals surface area contributed by atoms with Gasteiger partial charge in [0.05, 0.1) is 0 Å². The summed E-state index contributed by atoms with van der Waals surface area (Å²) < 4.78 is 0. The van der Waals surface area contributed by atoms with Crippen LogP contribution in [-0.2, 0) is 4.79 Å². The van der Waals surface area contributed by atoms with E-state index in [2.05, 4.69) is 10.6 Å². The van der Waals surface area contributed by atoms with Gasteiger partial charge in [0.25, 0.3) is 11.1 Å². The molecule has 7 heteroatoms. The van der Waals surface area contributed by atoms with E-state index in [1.54, 1.807) is 31.2 Å². The molecule has 0 aliphatic heterocycles.